The number of rotatable bonds is 10. The minimum Gasteiger partial charge on any atom is -0.479 e. The van der Waals surface area contributed by atoms with Crippen molar-refractivity contribution in [2.24, 2.45) is 0 Å². The average molecular weight is 622 g/mol. The number of ether oxygens (including phenoxy) is 1. The van der Waals surface area contributed by atoms with Crippen molar-refractivity contribution in [1.82, 2.24) is 23.6 Å². The molecule has 3 heterocycles. The lowest BCUT2D eigenvalue weighted by Gasteiger charge is -2.35. The molecule has 0 spiro atoms. The van der Waals surface area contributed by atoms with Crippen LogP contribution in [0.3, 0.4) is 0 Å². The molecule has 0 aliphatic carbocycles. The van der Waals surface area contributed by atoms with Gasteiger partial charge in [0.05, 0.1) is 7.11 Å². The number of pyridine rings is 1. The van der Waals surface area contributed by atoms with E-state index in [-0.39, 0.29) is 30.6 Å². The summed E-state index contributed by atoms with van der Waals surface area (Å²) in [4.78, 5) is 25.9. The summed E-state index contributed by atoms with van der Waals surface area (Å²) in [5.74, 6) is -0.504. The van der Waals surface area contributed by atoms with Crippen molar-refractivity contribution in [2.45, 2.75) is 6.18 Å². The van der Waals surface area contributed by atoms with Crippen LogP contribution in [-0.2, 0) is 21.2 Å². The lowest BCUT2D eigenvalue weighted by atomic mass is 10.2. The fraction of sp³-hybridized carbons (Fsp3) is 0.308. The first-order chi connectivity index (χ1) is 20.3. The van der Waals surface area contributed by atoms with Gasteiger partial charge in [-0.05, 0) is 36.4 Å². The zero-order valence-corrected chi connectivity index (χ0v) is 24.3. The minimum atomic E-state index is -4.76. The Bertz CT molecular complexity index is 1590. The van der Waals surface area contributed by atoms with E-state index in [0.29, 0.717) is 36.5 Å². The topological polar surface area (TPSA) is 145 Å². The fourth-order valence-corrected chi connectivity index (χ4v) is 5.19. The largest absolute Gasteiger partial charge is 0.479 e. The summed E-state index contributed by atoms with van der Waals surface area (Å²) in [6.45, 7) is 4.69. The number of aromatic nitrogens is 3. The Hall–Kier alpha value is -4.48. The van der Waals surface area contributed by atoms with E-state index in [1.165, 1.54) is 37.6 Å². The molecule has 1 aromatic carbocycles. The van der Waals surface area contributed by atoms with Crippen LogP contribution < -0.4 is 25.6 Å². The molecule has 1 amide bonds. The predicted octanol–water partition coefficient (Wildman–Crippen LogP) is 3.44. The van der Waals surface area contributed by atoms with Crippen molar-refractivity contribution < 1.29 is 31.1 Å². The highest BCUT2D eigenvalue weighted by atomic mass is 32.2. The molecular formula is C26H30F3N9O4S. The lowest BCUT2D eigenvalue weighted by molar-refractivity contribution is -0.137. The second-order valence-electron chi connectivity index (χ2n) is 9.38. The summed E-state index contributed by atoms with van der Waals surface area (Å²) < 4.78 is 74.2. The molecule has 0 saturated carbocycles. The number of alkyl halides is 3. The maximum absolute atomic E-state index is 13.8. The number of piperazine rings is 1. The van der Waals surface area contributed by atoms with Crippen LogP contribution >= 0.6 is 0 Å². The fourth-order valence-electron chi connectivity index (χ4n) is 4.11. The van der Waals surface area contributed by atoms with E-state index in [0.717, 1.165) is 10.4 Å². The Balaban J connectivity index is 1.55. The number of amides is 1. The van der Waals surface area contributed by atoms with Gasteiger partial charge < -0.3 is 25.6 Å². The van der Waals surface area contributed by atoms with Crippen LogP contribution in [0.25, 0.3) is 0 Å². The molecule has 1 aliphatic heterocycles. The summed E-state index contributed by atoms with van der Waals surface area (Å²) in [6.07, 6.45) is -3.04. The van der Waals surface area contributed by atoms with Gasteiger partial charge in [0.2, 0.25) is 17.7 Å². The van der Waals surface area contributed by atoms with Crippen LogP contribution in [0.5, 0.6) is 5.88 Å². The van der Waals surface area contributed by atoms with E-state index < -0.39 is 33.7 Å². The number of hydrogen-bond donors (Lipinski definition) is 3. The van der Waals surface area contributed by atoms with Gasteiger partial charge in [-0.2, -0.15) is 40.2 Å². The van der Waals surface area contributed by atoms with Crippen LogP contribution in [0.2, 0.25) is 0 Å². The molecule has 230 valence electrons. The Morgan fingerprint density at radius 3 is 2.40 bits per heavy atom. The third kappa shape index (κ3) is 7.49. The highest BCUT2D eigenvalue weighted by molar-refractivity contribution is 7.86. The maximum atomic E-state index is 13.8. The van der Waals surface area contributed by atoms with Gasteiger partial charge in [0.25, 0.3) is 10.2 Å². The van der Waals surface area contributed by atoms with Crippen molar-refractivity contribution in [1.29, 1.82) is 0 Å². The number of halogens is 3. The summed E-state index contributed by atoms with van der Waals surface area (Å²) >= 11 is 0. The van der Waals surface area contributed by atoms with Crippen LogP contribution in [0, 0.1) is 0 Å². The number of carbonyl (C=O) groups is 1. The molecule has 1 aliphatic rings. The Morgan fingerprint density at radius 2 is 1.77 bits per heavy atom. The van der Waals surface area contributed by atoms with Gasteiger partial charge in [-0.15, -0.1) is 0 Å². The van der Waals surface area contributed by atoms with Gasteiger partial charge in [0.1, 0.15) is 22.9 Å². The van der Waals surface area contributed by atoms with Gasteiger partial charge in [0.15, 0.2) is 0 Å². The molecule has 3 aromatic rings. The zero-order valence-electron chi connectivity index (χ0n) is 23.5. The summed E-state index contributed by atoms with van der Waals surface area (Å²) in [5, 5.41) is 8.03. The van der Waals surface area contributed by atoms with E-state index in [2.05, 4.69) is 37.5 Å². The zero-order chi connectivity index (χ0) is 31.4. The van der Waals surface area contributed by atoms with E-state index in [9.17, 15) is 26.4 Å². The SMILES string of the molecule is C=CC(=O)Nc1cccc(Nc2nc(Nc3ccc(N4CCN(S(=O)(=O)N(C)C)CC4)nc3OC)ncc2C(F)(F)F)c1. The van der Waals surface area contributed by atoms with Crippen molar-refractivity contribution in [3.63, 3.8) is 0 Å². The van der Waals surface area contributed by atoms with Crippen LogP contribution in [-0.4, -0.2) is 85.3 Å². The second-order valence-corrected chi connectivity index (χ2v) is 11.5. The van der Waals surface area contributed by atoms with Gasteiger partial charge >= 0.3 is 6.18 Å². The molecule has 17 heteroatoms. The van der Waals surface area contributed by atoms with Gasteiger partial charge in [-0.3, -0.25) is 4.79 Å². The first-order valence-corrected chi connectivity index (χ1v) is 14.2. The van der Waals surface area contributed by atoms with E-state index in [1.807, 2.05) is 4.90 Å². The second kappa shape index (κ2) is 12.8. The highest BCUT2D eigenvalue weighted by Crippen LogP contribution is 2.36. The quantitative estimate of drug-likeness (QED) is 0.288. The third-order valence-corrected chi connectivity index (χ3v) is 8.25. The monoisotopic (exact) mass is 621 g/mol. The third-order valence-electron chi connectivity index (χ3n) is 6.31. The molecule has 43 heavy (non-hydrogen) atoms. The molecule has 4 rings (SSSR count). The van der Waals surface area contributed by atoms with Crippen molar-refractivity contribution in [2.75, 3.05) is 68.2 Å². The molecule has 0 unspecified atom stereocenters. The summed E-state index contributed by atoms with van der Waals surface area (Å²) in [6, 6.07) is 9.36. The first kappa shape index (κ1) is 31.5. The van der Waals surface area contributed by atoms with E-state index in [1.54, 1.807) is 24.3 Å². The Kier molecular flexibility index (Phi) is 9.37. The summed E-state index contributed by atoms with van der Waals surface area (Å²) in [5.41, 5.74) is -0.235. The van der Waals surface area contributed by atoms with Gasteiger partial charge in [-0.1, -0.05) is 12.6 Å². The number of methoxy groups -OCH3 is 1. The number of benzene rings is 1. The number of carbonyl (C=O) groups excluding carboxylic acids is 1. The molecule has 0 bridgehead atoms. The first-order valence-electron chi connectivity index (χ1n) is 12.8. The molecule has 1 fully saturated rings. The van der Waals surface area contributed by atoms with Gasteiger partial charge in [0, 0.05) is 57.8 Å². The molecule has 1 saturated heterocycles. The van der Waals surface area contributed by atoms with Crippen LogP contribution in [0.1, 0.15) is 5.56 Å². The number of anilines is 6. The van der Waals surface area contributed by atoms with Crippen molar-refractivity contribution >= 4 is 50.8 Å². The normalized spacial score (nSPS) is 14.3. The Morgan fingerprint density at radius 1 is 1.07 bits per heavy atom. The number of hydrogen-bond acceptors (Lipinski definition) is 10. The van der Waals surface area contributed by atoms with Crippen LogP contribution in [0.15, 0.2) is 55.3 Å². The number of nitrogens with one attached hydrogen (secondary N) is 3. The van der Waals surface area contributed by atoms with Crippen molar-refractivity contribution in [3.05, 3.63) is 60.8 Å². The Labute approximate surface area is 246 Å². The highest BCUT2D eigenvalue weighted by Gasteiger charge is 2.35. The van der Waals surface area contributed by atoms with E-state index >= 15 is 0 Å². The number of nitrogens with zero attached hydrogens (tertiary/aromatic N) is 6. The maximum Gasteiger partial charge on any atom is 0.421 e. The molecular weight excluding hydrogens is 591 g/mol. The van der Waals surface area contributed by atoms with Crippen LogP contribution in [0.4, 0.5) is 47.8 Å². The lowest BCUT2D eigenvalue weighted by Crippen LogP contribution is -2.51. The molecule has 2 aromatic heterocycles. The standard InChI is InChI=1S/C26H30F3N9O4S/c1-5-22(39)31-17-7-6-8-18(15-17)32-23-19(26(27,28)29)16-30-25(35-23)33-20-9-10-21(34-24(20)42-4)37-11-13-38(14-12-37)43(40,41)36(2)3/h5-10,15-16H,1,11-14H2,2-4H3,(H,31,39)(H2,30,32,33,35). The molecule has 3 N–H and O–H groups in total. The smallest absolute Gasteiger partial charge is 0.421 e. The average Bonchev–Trinajstić information content (AvgIpc) is 2.97. The van der Waals surface area contributed by atoms with E-state index in [4.69, 9.17) is 4.74 Å². The minimum absolute atomic E-state index is 0.129. The molecule has 13 nitrogen and oxygen atoms in total. The van der Waals surface area contributed by atoms with Gasteiger partial charge in [-0.25, -0.2) is 4.98 Å². The molecule has 0 atom stereocenters. The summed E-state index contributed by atoms with van der Waals surface area (Å²) in [7, 11) is 0.808. The molecule has 0 radical (unpaired) electrons. The predicted molar refractivity (Wildman–Crippen MR) is 156 cm³/mol. The van der Waals surface area contributed by atoms with Crippen molar-refractivity contribution in [3.8, 4) is 5.88 Å².